The summed E-state index contributed by atoms with van der Waals surface area (Å²) in [5.74, 6) is -4.32. The Kier molecular flexibility index (Phi) is 6.75. The summed E-state index contributed by atoms with van der Waals surface area (Å²) in [4.78, 5) is 35.5. The second-order valence-corrected chi connectivity index (χ2v) is 9.71. The van der Waals surface area contributed by atoms with Gasteiger partial charge in [0.2, 0.25) is 17.7 Å². The Bertz CT molecular complexity index is 1480. The number of nitriles is 1. The zero-order valence-electron chi connectivity index (χ0n) is 20.9. The second kappa shape index (κ2) is 10.0. The molecular weight excluding hydrogens is 517 g/mol. The Morgan fingerprint density at radius 3 is 2.67 bits per heavy atom. The number of pyridine rings is 1. The van der Waals surface area contributed by atoms with Crippen LogP contribution in [0.5, 0.6) is 5.88 Å². The molecule has 0 aromatic carbocycles. The lowest BCUT2D eigenvalue weighted by atomic mass is 9.86. The number of carbonyl (C=O) groups is 2. The average Bonchev–Trinajstić information content (AvgIpc) is 3.48. The molecule has 0 bridgehead atoms. The van der Waals surface area contributed by atoms with Gasteiger partial charge in [0, 0.05) is 37.1 Å². The zero-order valence-corrected chi connectivity index (χ0v) is 20.9. The van der Waals surface area contributed by atoms with Crippen LogP contribution in [-0.4, -0.2) is 74.6 Å². The molecule has 0 spiro atoms. The highest BCUT2D eigenvalue weighted by atomic mass is 19.3. The molecule has 4 heterocycles. The number of hydrogen-bond acceptors (Lipinski definition) is 8. The zero-order chi connectivity index (χ0) is 27.9. The third kappa shape index (κ3) is 4.91. The number of alkyl halides is 3. The van der Waals surface area contributed by atoms with Gasteiger partial charge in [0.15, 0.2) is 5.82 Å². The van der Waals surface area contributed by atoms with Crippen molar-refractivity contribution in [2.45, 2.75) is 43.8 Å². The highest BCUT2D eigenvalue weighted by Gasteiger charge is 2.42. The van der Waals surface area contributed by atoms with Crippen molar-refractivity contribution in [2.24, 2.45) is 5.92 Å². The molecule has 2 amide bonds. The second-order valence-electron chi connectivity index (χ2n) is 9.71. The summed E-state index contributed by atoms with van der Waals surface area (Å²) in [6, 6.07) is 4.00. The predicted octanol–water partition coefficient (Wildman–Crippen LogP) is 2.36. The molecule has 2 aliphatic rings. The summed E-state index contributed by atoms with van der Waals surface area (Å²) in [6.07, 6.45) is 0.419. The van der Waals surface area contributed by atoms with Crippen LogP contribution in [0, 0.1) is 17.2 Å². The number of aromatic nitrogens is 4. The first-order valence-electron chi connectivity index (χ1n) is 12.3. The number of nitrogens with two attached hydrogens (primary N) is 1. The highest BCUT2D eigenvalue weighted by molar-refractivity contribution is 5.98. The molecule has 5 rings (SSSR count). The molecule has 3 N–H and O–H groups in total. The number of amides is 2. The van der Waals surface area contributed by atoms with E-state index in [0.29, 0.717) is 16.8 Å². The molecule has 1 saturated heterocycles. The molecule has 2 atom stereocenters. The Morgan fingerprint density at radius 2 is 1.97 bits per heavy atom. The van der Waals surface area contributed by atoms with Crippen LogP contribution in [0.4, 0.5) is 19.0 Å². The van der Waals surface area contributed by atoms with E-state index < -0.39 is 30.0 Å². The minimum Gasteiger partial charge on any atom is -0.480 e. The maximum Gasteiger partial charge on any atom is 0.257 e. The first-order valence-corrected chi connectivity index (χ1v) is 12.3. The van der Waals surface area contributed by atoms with Gasteiger partial charge in [-0.15, -0.1) is 0 Å². The quantitative estimate of drug-likeness (QED) is 0.499. The molecule has 1 aliphatic heterocycles. The number of rotatable bonds is 5. The lowest BCUT2D eigenvalue weighted by Gasteiger charge is -2.30. The van der Waals surface area contributed by atoms with Crippen molar-refractivity contribution in [3.8, 4) is 23.2 Å². The van der Waals surface area contributed by atoms with Crippen molar-refractivity contribution < 1.29 is 27.5 Å². The summed E-state index contributed by atoms with van der Waals surface area (Å²) >= 11 is 0. The van der Waals surface area contributed by atoms with Crippen LogP contribution in [0.15, 0.2) is 24.7 Å². The third-order valence-electron chi connectivity index (χ3n) is 7.23. The maximum atomic E-state index is 14.9. The van der Waals surface area contributed by atoms with E-state index in [2.05, 4.69) is 26.5 Å². The first kappa shape index (κ1) is 26.2. The monoisotopic (exact) mass is 542 g/mol. The Hall–Kier alpha value is -4.41. The van der Waals surface area contributed by atoms with Crippen molar-refractivity contribution in [1.29, 1.82) is 5.26 Å². The molecule has 0 radical (unpaired) electrons. The molecule has 39 heavy (non-hydrogen) atoms. The van der Waals surface area contributed by atoms with E-state index in [-0.39, 0.29) is 67.5 Å². The lowest BCUT2D eigenvalue weighted by molar-refractivity contribution is -0.138. The lowest BCUT2D eigenvalue weighted by Crippen LogP contribution is -2.43. The van der Waals surface area contributed by atoms with Gasteiger partial charge in [-0.1, -0.05) is 0 Å². The van der Waals surface area contributed by atoms with Gasteiger partial charge >= 0.3 is 0 Å². The van der Waals surface area contributed by atoms with E-state index in [0.717, 1.165) is 0 Å². The molecule has 1 saturated carbocycles. The van der Waals surface area contributed by atoms with Crippen molar-refractivity contribution >= 4 is 23.1 Å². The summed E-state index contributed by atoms with van der Waals surface area (Å²) in [5, 5.41) is 16.4. The largest absolute Gasteiger partial charge is 0.480 e. The molecule has 204 valence electrons. The topological polar surface area (TPSA) is 152 Å². The summed E-state index contributed by atoms with van der Waals surface area (Å²) < 4.78 is 48.5. The smallest absolute Gasteiger partial charge is 0.257 e. The first-order chi connectivity index (χ1) is 18.6. The predicted molar refractivity (Wildman–Crippen MR) is 132 cm³/mol. The van der Waals surface area contributed by atoms with Crippen LogP contribution in [0.25, 0.3) is 16.8 Å². The van der Waals surface area contributed by atoms with E-state index in [1.165, 1.54) is 41.2 Å². The minimum atomic E-state index is -2.77. The number of nitrogens with zero attached hydrogens (tertiary/aromatic N) is 6. The van der Waals surface area contributed by atoms with Crippen LogP contribution in [0.3, 0.4) is 0 Å². The van der Waals surface area contributed by atoms with Gasteiger partial charge in [-0.3, -0.25) is 9.59 Å². The van der Waals surface area contributed by atoms with Gasteiger partial charge < -0.3 is 20.7 Å². The third-order valence-corrected chi connectivity index (χ3v) is 7.23. The van der Waals surface area contributed by atoms with Gasteiger partial charge in [0.25, 0.3) is 5.91 Å². The SMILES string of the molecule is COc1ncc(-c2c(C#N)cc3c(N)ncnn23)cc1C(=O)N[C@@H]1CN(C(=O)C2CCC(F)(F)CC2)C[C@@H]1F. The molecule has 0 unspecified atom stereocenters. The maximum absolute atomic E-state index is 14.9. The van der Waals surface area contributed by atoms with Gasteiger partial charge in [0.05, 0.1) is 31.0 Å². The highest BCUT2D eigenvalue weighted by Crippen LogP contribution is 2.37. The van der Waals surface area contributed by atoms with Crippen LogP contribution in [-0.2, 0) is 4.79 Å². The number of carbonyl (C=O) groups excluding carboxylic acids is 2. The van der Waals surface area contributed by atoms with Crippen LogP contribution < -0.4 is 15.8 Å². The molecular formula is C25H25F3N8O3. The van der Waals surface area contributed by atoms with Crippen molar-refractivity contribution in [3.05, 3.63) is 35.8 Å². The molecule has 3 aromatic rings. The standard InChI is InChI=1S/C25H25F3N8O3/c1-39-23-16(6-15(9-31-23)20-14(8-29)7-19-21(30)32-12-33-36(19)20)22(37)34-18-11-35(10-17(18)26)24(38)13-2-4-25(27,28)5-3-13/h6-7,9,12-13,17-18H,2-5,10-11H2,1H3,(H,34,37)(H2,30,32,33)/t17-,18+/m0/s1. The van der Waals surface area contributed by atoms with Gasteiger partial charge in [-0.25, -0.2) is 27.7 Å². The summed E-state index contributed by atoms with van der Waals surface area (Å²) in [7, 11) is 1.32. The number of fused-ring (bicyclic) bond motifs is 1. The van der Waals surface area contributed by atoms with Gasteiger partial charge in [-0.2, -0.15) is 10.4 Å². The van der Waals surface area contributed by atoms with Crippen molar-refractivity contribution in [1.82, 2.24) is 29.8 Å². The van der Waals surface area contributed by atoms with Gasteiger partial charge in [0.1, 0.15) is 29.6 Å². The van der Waals surface area contributed by atoms with Gasteiger partial charge in [-0.05, 0) is 25.0 Å². The number of hydrogen-bond donors (Lipinski definition) is 2. The number of anilines is 1. The number of nitrogen functional groups attached to an aromatic ring is 1. The summed E-state index contributed by atoms with van der Waals surface area (Å²) in [5.41, 5.74) is 7.17. The van der Waals surface area contributed by atoms with Crippen LogP contribution in [0.2, 0.25) is 0 Å². The molecule has 11 nitrogen and oxygen atoms in total. The van der Waals surface area contributed by atoms with E-state index in [4.69, 9.17) is 10.5 Å². The molecule has 3 aromatic heterocycles. The molecule has 2 fully saturated rings. The van der Waals surface area contributed by atoms with Crippen LogP contribution >= 0.6 is 0 Å². The normalized spacial score (nSPS) is 21.1. The summed E-state index contributed by atoms with van der Waals surface area (Å²) in [6.45, 7) is -0.332. The fourth-order valence-corrected chi connectivity index (χ4v) is 5.15. The molecule has 1 aliphatic carbocycles. The fraction of sp³-hybridized carbons (Fsp3) is 0.440. The number of nitrogens with one attached hydrogen (secondary N) is 1. The Morgan fingerprint density at radius 1 is 1.23 bits per heavy atom. The number of likely N-dealkylation sites (tertiary alicyclic amines) is 1. The van der Waals surface area contributed by atoms with E-state index in [1.54, 1.807) is 0 Å². The Labute approximate surface area is 220 Å². The van der Waals surface area contributed by atoms with E-state index >= 15 is 0 Å². The van der Waals surface area contributed by atoms with Crippen molar-refractivity contribution in [3.63, 3.8) is 0 Å². The molecule has 14 heteroatoms. The van der Waals surface area contributed by atoms with Crippen LogP contribution in [0.1, 0.15) is 41.6 Å². The van der Waals surface area contributed by atoms with Crippen molar-refractivity contribution in [2.75, 3.05) is 25.9 Å². The average molecular weight is 543 g/mol. The fourth-order valence-electron chi connectivity index (χ4n) is 5.15. The number of methoxy groups -OCH3 is 1. The minimum absolute atomic E-state index is 0.0256. The number of ether oxygens (including phenoxy) is 1. The Balaban J connectivity index is 1.36. The number of halogens is 3. The van der Waals surface area contributed by atoms with E-state index in [9.17, 15) is 28.0 Å². The van der Waals surface area contributed by atoms with E-state index in [1.807, 2.05) is 0 Å².